The molecule has 0 saturated carbocycles. The van der Waals surface area contributed by atoms with Gasteiger partial charge in [-0.3, -0.25) is 19.3 Å². The molecule has 0 bridgehead atoms. The fourth-order valence-corrected chi connectivity index (χ4v) is 4.62. The number of hydrogen-bond acceptors (Lipinski definition) is 6. The van der Waals surface area contributed by atoms with Gasteiger partial charge in [-0.2, -0.15) is 5.26 Å². The zero-order chi connectivity index (χ0) is 24.4. The van der Waals surface area contributed by atoms with Crippen molar-refractivity contribution in [2.75, 3.05) is 11.9 Å². The number of fused-ring (bicyclic) bond motifs is 1. The predicted molar refractivity (Wildman–Crippen MR) is 134 cm³/mol. The molecule has 8 heteroatoms. The van der Waals surface area contributed by atoms with E-state index in [9.17, 15) is 19.6 Å². The van der Waals surface area contributed by atoms with Crippen molar-refractivity contribution in [3.8, 4) is 17.4 Å². The number of nitrogens with zero attached hydrogens (tertiary/aromatic N) is 2. The number of imide groups is 1. The van der Waals surface area contributed by atoms with E-state index >= 15 is 0 Å². The number of rotatable bonds is 5. The van der Waals surface area contributed by atoms with Crippen LogP contribution >= 0.6 is 11.8 Å². The Morgan fingerprint density at radius 2 is 1.77 bits per heavy atom. The summed E-state index contributed by atoms with van der Waals surface area (Å²) in [7, 11) is 0. The molecule has 0 spiro atoms. The average molecular weight is 480 g/mol. The van der Waals surface area contributed by atoms with E-state index in [4.69, 9.17) is 4.42 Å². The summed E-state index contributed by atoms with van der Waals surface area (Å²) >= 11 is 0.746. The first-order valence-electron chi connectivity index (χ1n) is 10.7. The Morgan fingerprint density at radius 1 is 1.00 bits per heavy atom. The Kier molecular flexibility index (Phi) is 5.92. The fraction of sp³-hybridized carbons (Fsp3) is 0.0370. The topological polar surface area (TPSA) is 103 Å². The molecule has 0 atom stereocenters. The molecule has 1 aliphatic rings. The summed E-state index contributed by atoms with van der Waals surface area (Å²) in [4.78, 5) is 39.0. The molecule has 3 amide bonds. The van der Waals surface area contributed by atoms with Crippen LogP contribution in [0.1, 0.15) is 11.3 Å². The highest BCUT2D eigenvalue weighted by atomic mass is 32.2. The van der Waals surface area contributed by atoms with E-state index in [-0.39, 0.29) is 4.91 Å². The van der Waals surface area contributed by atoms with Crippen LogP contribution in [0.5, 0.6) is 0 Å². The second-order valence-corrected chi connectivity index (χ2v) is 8.70. The highest BCUT2D eigenvalue weighted by Gasteiger charge is 2.36. The first-order valence-corrected chi connectivity index (χ1v) is 11.5. The molecule has 1 saturated heterocycles. The van der Waals surface area contributed by atoms with Gasteiger partial charge in [-0.05, 0) is 47.5 Å². The smallest absolute Gasteiger partial charge is 0.294 e. The maximum absolute atomic E-state index is 12.8. The van der Waals surface area contributed by atoms with Gasteiger partial charge in [-0.25, -0.2) is 0 Å². The number of nitrogens with one attached hydrogen (secondary N) is 1. The molecule has 7 nitrogen and oxygen atoms in total. The van der Waals surface area contributed by atoms with Crippen molar-refractivity contribution in [2.45, 2.75) is 0 Å². The van der Waals surface area contributed by atoms with Crippen LogP contribution in [-0.4, -0.2) is 28.5 Å². The van der Waals surface area contributed by atoms with Crippen LogP contribution in [0.2, 0.25) is 0 Å². The molecular formula is C27H17N3O4S. The number of benzene rings is 3. The van der Waals surface area contributed by atoms with Crippen LogP contribution in [0.3, 0.4) is 0 Å². The van der Waals surface area contributed by atoms with Gasteiger partial charge >= 0.3 is 0 Å². The largest absolute Gasteiger partial charge is 0.457 e. The molecule has 5 rings (SSSR count). The van der Waals surface area contributed by atoms with E-state index in [1.807, 2.05) is 36.4 Å². The van der Waals surface area contributed by atoms with Gasteiger partial charge in [0.2, 0.25) is 5.91 Å². The van der Waals surface area contributed by atoms with Crippen LogP contribution in [0.15, 0.2) is 88.2 Å². The molecular weight excluding hydrogens is 462 g/mol. The number of carbonyl (C=O) groups excluding carboxylic acids is 3. The lowest BCUT2D eigenvalue weighted by Gasteiger charge is -2.13. The second-order valence-electron chi connectivity index (χ2n) is 7.70. The Hall–Kier alpha value is -4.61. The van der Waals surface area contributed by atoms with Gasteiger partial charge in [0.05, 0.1) is 16.5 Å². The molecule has 0 aliphatic carbocycles. The third-order valence-electron chi connectivity index (χ3n) is 5.45. The van der Waals surface area contributed by atoms with Crippen LogP contribution in [-0.2, 0) is 9.59 Å². The number of hydrogen-bond donors (Lipinski definition) is 1. The van der Waals surface area contributed by atoms with Gasteiger partial charge in [0.1, 0.15) is 18.1 Å². The molecule has 3 aromatic carbocycles. The van der Waals surface area contributed by atoms with Crippen LogP contribution < -0.4 is 5.32 Å². The number of carbonyl (C=O) groups is 3. The molecule has 1 aliphatic heterocycles. The first kappa shape index (κ1) is 22.2. The van der Waals surface area contributed by atoms with E-state index in [0.717, 1.165) is 27.4 Å². The van der Waals surface area contributed by atoms with Gasteiger partial charge in [0.15, 0.2) is 0 Å². The molecule has 1 N–H and O–H groups in total. The zero-order valence-electron chi connectivity index (χ0n) is 18.2. The van der Waals surface area contributed by atoms with E-state index in [1.165, 1.54) is 6.08 Å². The third kappa shape index (κ3) is 4.45. The average Bonchev–Trinajstić information content (AvgIpc) is 3.44. The summed E-state index contributed by atoms with van der Waals surface area (Å²) in [6.45, 7) is -0.399. The normalized spacial score (nSPS) is 14.5. The summed E-state index contributed by atoms with van der Waals surface area (Å²) < 4.78 is 5.79. The zero-order valence-corrected chi connectivity index (χ0v) is 19.0. The van der Waals surface area contributed by atoms with Crippen molar-refractivity contribution in [1.82, 2.24) is 4.90 Å². The molecule has 1 fully saturated rings. The molecule has 35 heavy (non-hydrogen) atoms. The summed E-state index contributed by atoms with van der Waals surface area (Å²) in [5.74, 6) is -0.206. The standard InChI is InChI=1S/C27H17N3O4S/c28-15-18-7-2-4-10-21(18)23-13-12-19(34-23)14-24-26(32)30(27(33)35-24)16-25(31)29-22-11-5-8-17-6-1-3-9-20(17)22/h1-14H,16H2,(H,29,31)/b24-14+. The lowest BCUT2D eigenvalue weighted by Crippen LogP contribution is -2.36. The van der Waals surface area contributed by atoms with Crippen molar-refractivity contribution >= 4 is 51.4 Å². The van der Waals surface area contributed by atoms with Gasteiger partial charge in [0.25, 0.3) is 11.1 Å². The quantitative estimate of drug-likeness (QED) is 0.371. The molecule has 0 unspecified atom stereocenters. The molecule has 170 valence electrons. The van der Waals surface area contributed by atoms with Gasteiger partial charge < -0.3 is 9.73 Å². The highest BCUT2D eigenvalue weighted by molar-refractivity contribution is 8.18. The van der Waals surface area contributed by atoms with E-state index in [1.54, 1.807) is 42.5 Å². The lowest BCUT2D eigenvalue weighted by molar-refractivity contribution is -0.127. The summed E-state index contributed by atoms with van der Waals surface area (Å²) in [5.41, 5.74) is 1.70. The minimum absolute atomic E-state index is 0.155. The number of nitriles is 1. The number of anilines is 1. The monoisotopic (exact) mass is 479 g/mol. The van der Waals surface area contributed by atoms with Crippen molar-refractivity contribution in [1.29, 1.82) is 5.26 Å². The van der Waals surface area contributed by atoms with Crippen LogP contribution in [0.25, 0.3) is 28.2 Å². The molecule has 0 radical (unpaired) electrons. The van der Waals surface area contributed by atoms with Crippen molar-refractivity contribution in [2.24, 2.45) is 0 Å². The highest BCUT2D eigenvalue weighted by Crippen LogP contribution is 2.34. The van der Waals surface area contributed by atoms with E-state index in [2.05, 4.69) is 11.4 Å². The first-order chi connectivity index (χ1) is 17.0. The number of thioether (sulfide) groups is 1. The van der Waals surface area contributed by atoms with Gasteiger partial charge in [-0.15, -0.1) is 0 Å². The SMILES string of the molecule is N#Cc1ccccc1-c1ccc(/C=C2/SC(=O)N(CC(=O)Nc3cccc4ccccc34)C2=O)o1. The van der Waals surface area contributed by atoms with Gasteiger partial charge in [-0.1, -0.05) is 48.5 Å². The van der Waals surface area contributed by atoms with Gasteiger partial charge in [0, 0.05) is 22.7 Å². The Labute approximate surface area is 204 Å². The maximum atomic E-state index is 12.8. The summed E-state index contributed by atoms with van der Waals surface area (Å²) in [6, 6.07) is 25.6. The fourth-order valence-electron chi connectivity index (χ4n) is 3.80. The maximum Gasteiger partial charge on any atom is 0.294 e. The Balaban J connectivity index is 1.31. The number of furan rings is 1. The Morgan fingerprint density at radius 3 is 2.63 bits per heavy atom. The van der Waals surface area contributed by atoms with Crippen molar-refractivity contribution < 1.29 is 18.8 Å². The molecule has 2 heterocycles. The minimum Gasteiger partial charge on any atom is -0.457 e. The van der Waals surface area contributed by atoms with Crippen LogP contribution in [0.4, 0.5) is 10.5 Å². The minimum atomic E-state index is -0.566. The van der Waals surface area contributed by atoms with E-state index in [0.29, 0.717) is 28.3 Å². The number of amides is 3. The van der Waals surface area contributed by atoms with Crippen LogP contribution in [0, 0.1) is 11.3 Å². The summed E-state index contributed by atoms with van der Waals surface area (Å²) in [6.07, 6.45) is 1.46. The molecule has 1 aromatic heterocycles. The van der Waals surface area contributed by atoms with E-state index < -0.39 is 23.6 Å². The van der Waals surface area contributed by atoms with Crippen molar-refractivity contribution in [3.05, 3.63) is 95.1 Å². The summed E-state index contributed by atoms with van der Waals surface area (Å²) in [5, 5.41) is 13.4. The molecule has 4 aromatic rings. The third-order valence-corrected chi connectivity index (χ3v) is 6.36. The second kappa shape index (κ2) is 9.33. The predicted octanol–water partition coefficient (Wildman–Crippen LogP) is 5.65. The van der Waals surface area contributed by atoms with Crippen molar-refractivity contribution in [3.63, 3.8) is 0 Å². The lowest BCUT2D eigenvalue weighted by atomic mass is 10.1. The Bertz CT molecular complexity index is 1560.